The van der Waals surface area contributed by atoms with Crippen molar-refractivity contribution in [2.75, 3.05) is 6.54 Å². The van der Waals surface area contributed by atoms with Gasteiger partial charge in [-0.1, -0.05) is 24.3 Å². The van der Waals surface area contributed by atoms with Crippen molar-refractivity contribution in [2.45, 2.75) is 51.6 Å². The summed E-state index contributed by atoms with van der Waals surface area (Å²) in [4.78, 5) is 12.3. The van der Waals surface area contributed by atoms with Crippen molar-refractivity contribution in [3.05, 3.63) is 65.0 Å². The fourth-order valence-corrected chi connectivity index (χ4v) is 3.40. The number of carbonyl (C=O) groups is 1. The zero-order valence-electron chi connectivity index (χ0n) is 15.3. The topological polar surface area (TPSA) is 38.3 Å². The number of rotatable bonds is 7. The molecule has 0 heterocycles. The smallest absolute Gasteiger partial charge is 0.260 e. The summed E-state index contributed by atoms with van der Waals surface area (Å²) < 4.78 is 18.8. The Morgan fingerprint density at radius 2 is 1.92 bits per heavy atom. The minimum atomic E-state index is -0.519. The van der Waals surface area contributed by atoms with E-state index in [1.807, 2.05) is 12.1 Å². The molecule has 2 aromatic carbocycles. The lowest BCUT2D eigenvalue weighted by atomic mass is 9.91. The first-order valence-electron chi connectivity index (χ1n) is 9.43. The molecule has 0 fully saturated rings. The third-order valence-electron chi connectivity index (χ3n) is 4.88. The highest BCUT2D eigenvalue weighted by atomic mass is 19.1. The van der Waals surface area contributed by atoms with Gasteiger partial charge in [-0.2, -0.15) is 0 Å². The van der Waals surface area contributed by atoms with Crippen LogP contribution in [0.1, 0.15) is 42.9 Å². The summed E-state index contributed by atoms with van der Waals surface area (Å²) in [5.41, 5.74) is 3.68. The van der Waals surface area contributed by atoms with Gasteiger partial charge in [0.25, 0.3) is 5.91 Å². The van der Waals surface area contributed by atoms with Gasteiger partial charge in [-0.25, -0.2) is 4.39 Å². The maximum absolute atomic E-state index is 12.9. The molecule has 1 aliphatic rings. The SMILES string of the molecule is CC(Oc1cccc2c1CCCC2)C(=O)NCCCc1ccc(F)cc1. The molecule has 1 N–H and O–H groups in total. The van der Waals surface area contributed by atoms with E-state index in [1.165, 1.54) is 36.1 Å². The molecule has 138 valence electrons. The molecule has 1 amide bonds. The van der Waals surface area contributed by atoms with Gasteiger partial charge in [-0.3, -0.25) is 4.79 Å². The zero-order chi connectivity index (χ0) is 18.4. The van der Waals surface area contributed by atoms with Crippen molar-refractivity contribution < 1.29 is 13.9 Å². The Labute approximate surface area is 154 Å². The number of hydrogen-bond acceptors (Lipinski definition) is 2. The van der Waals surface area contributed by atoms with Crippen LogP contribution in [0.25, 0.3) is 0 Å². The summed E-state index contributed by atoms with van der Waals surface area (Å²) in [6.07, 6.45) is 5.62. The molecule has 0 bridgehead atoms. The molecule has 0 radical (unpaired) electrons. The molecule has 1 aliphatic carbocycles. The average Bonchev–Trinajstić information content (AvgIpc) is 2.66. The maximum atomic E-state index is 12.9. The summed E-state index contributed by atoms with van der Waals surface area (Å²) >= 11 is 0. The Bertz CT molecular complexity index is 742. The highest BCUT2D eigenvalue weighted by molar-refractivity contribution is 5.80. The third-order valence-corrected chi connectivity index (χ3v) is 4.88. The van der Waals surface area contributed by atoms with Crippen LogP contribution in [0, 0.1) is 5.82 Å². The van der Waals surface area contributed by atoms with Crippen LogP contribution in [-0.4, -0.2) is 18.6 Å². The monoisotopic (exact) mass is 355 g/mol. The Hall–Kier alpha value is -2.36. The van der Waals surface area contributed by atoms with Crippen LogP contribution in [0.3, 0.4) is 0 Å². The van der Waals surface area contributed by atoms with Crippen LogP contribution in [0.15, 0.2) is 42.5 Å². The van der Waals surface area contributed by atoms with Gasteiger partial charge in [0.2, 0.25) is 0 Å². The van der Waals surface area contributed by atoms with Crippen LogP contribution in [0.4, 0.5) is 4.39 Å². The molecular formula is C22H26FNO2. The van der Waals surface area contributed by atoms with Gasteiger partial charge >= 0.3 is 0 Å². The molecule has 0 saturated heterocycles. The zero-order valence-corrected chi connectivity index (χ0v) is 15.3. The number of carbonyl (C=O) groups excluding carboxylic acids is 1. The van der Waals surface area contributed by atoms with Crippen LogP contribution in [-0.2, 0) is 24.1 Å². The predicted octanol–water partition coefficient (Wildman–Crippen LogP) is 4.22. The molecule has 0 spiro atoms. The fraction of sp³-hybridized carbons (Fsp3) is 0.409. The lowest BCUT2D eigenvalue weighted by Crippen LogP contribution is -2.37. The second-order valence-corrected chi connectivity index (χ2v) is 6.88. The van der Waals surface area contributed by atoms with E-state index in [0.717, 1.165) is 37.0 Å². The van der Waals surface area contributed by atoms with Crippen molar-refractivity contribution in [3.63, 3.8) is 0 Å². The number of hydrogen-bond donors (Lipinski definition) is 1. The van der Waals surface area contributed by atoms with Gasteiger partial charge in [0.15, 0.2) is 6.10 Å². The minimum absolute atomic E-state index is 0.0995. The Kier molecular flexibility index (Phi) is 6.26. The molecule has 4 heteroatoms. The van der Waals surface area contributed by atoms with Crippen LogP contribution in [0.2, 0.25) is 0 Å². The molecule has 1 unspecified atom stereocenters. The van der Waals surface area contributed by atoms with Gasteiger partial charge < -0.3 is 10.1 Å². The predicted molar refractivity (Wildman–Crippen MR) is 101 cm³/mol. The lowest BCUT2D eigenvalue weighted by molar-refractivity contribution is -0.127. The van der Waals surface area contributed by atoms with Gasteiger partial charge in [-0.15, -0.1) is 0 Å². The molecular weight excluding hydrogens is 329 g/mol. The van der Waals surface area contributed by atoms with Crippen molar-refractivity contribution >= 4 is 5.91 Å². The number of halogens is 1. The number of aryl methyl sites for hydroxylation is 2. The largest absolute Gasteiger partial charge is 0.481 e. The van der Waals surface area contributed by atoms with Crippen LogP contribution < -0.4 is 10.1 Å². The van der Waals surface area contributed by atoms with E-state index < -0.39 is 6.10 Å². The van der Waals surface area contributed by atoms with Crippen molar-refractivity contribution in [2.24, 2.45) is 0 Å². The first-order chi connectivity index (χ1) is 12.6. The van der Waals surface area contributed by atoms with Gasteiger partial charge in [0.05, 0.1) is 0 Å². The standard InChI is InChI=1S/C22H26FNO2/c1-16(26-21-10-4-8-18-7-2-3-9-20(18)21)22(25)24-15-5-6-17-11-13-19(23)14-12-17/h4,8,10-14,16H,2-3,5-7,9,15H2,1H3,(H,24,25). The first-order valence-corrected chi connectivity index (χ1v) is 9.43. The molecule has 0 saturated carbocycles. The summed E-state index contributed by atoms with van der Waals surface area (Å²) in [6.45, 7) is 2.37. The van der Waals surface area contributed by atoms with E-state index in [9.17, 15) is 9.18 Å². The molecule has 3 nitrogen and oxygen atoms in total. The molecule has 3 rings (SSSR count). The van der Waals surface area contributed by atoms with Crippen molar-refractivity contribution in [1.29, 1.82) is 0 Å². The van der Waals surface area contributed by atoms with Gasteiger partial charge in [0.1, 0.15) is 11.6 Å². The number of ether oxygens (including phenoxy) is 1. The first kappa shape index (κ1) is 18.4. The van der Waals surface area contributed by atoms with E-state index >= 15 is 0 Å². The van der Waals surface area contributed by atoms with E-state index in [4.69, 9.17) is 4.74 Å². The molecule has 26 heavy (non-hydrogen) atoms. The average molecular weight is 355 g/mol. The van der Waals surface area contributed by atoms with Gasteiger partial charge in [0, 0.05) is 6.54 Å². The Balaban J connectivity index is 1.45. The van der Waals surface area contributed by atoms with Gasteiger partial charge in [-0.05, 0) is 80.3 Å². The Morgan fingerprint density at radius 3 is 2.73 bits per heavy atom. The quantitative estimate of drug-likeness (QED) is 0.755. The molecule has 0 aliphatic heterocycles. The van der Waals surface area contributed by atoms with Crippen LogP contribution >= 0.6 is 0 Å². The van der Waals surface area contributed by atoms with E-state index in [1.54, 1.807) is 19.1 Å². The number of nitrogens with one attached hydrogen (secondary N) is 1. The molecule has 1 atom stereocenters. The number of benzene rings is 2. The van der Waals surface area contributed by atoms with E-state index in [2.05, 4.69) is 11.4 Å². The third kappa shape index (κ3) is 4.84. The normalized spacial score (nSPS) is 14.4. The molecule has 0 aromatic heterocycles. The fourth-order valence-electron chi connectivity index (χ4n) is 3.40. The van der Waals surface area contributed by atoms with E-state index in [-0.39, 0.29) is 11.7 Å². The Morgan fingerprint density at radius 1 is 1.15 bits per heavy atom. The van der Waals surface area contributed by atoms with Crippen molar-refractivity contribution in [3.8, 4) is 5.75 Å². The van der Waals surface area contributed by atoms with E-state index in [0.29, 0.717) is 6.54 Å². The summed E-state index contributed by atoms with van der Waals surface area (Å²) in [6, 6.07) is 12.6. The second kappa shape index (κ2) is 8.84. The van der Waals surface area contributed by atoms with Crippen molar-refractivity contribution in [1.82, 2.24) is 5.32 Å². The highest BCUT2D eigenvalue weighted by Gasteiger charge is 2.19. The maximum Gasteiger partial charge on any atom is 0.260 e. The lowest BCUT2D eigenvalue weighted by Gasteiger charge is -2.22. The summed E-state index contributed by atoms with van der Waals surface area (Å²) in [5.74, 6) is 0.518. The summed E-state index contributed by atoms with van der Waals surface area (Å²) in [7, 11) is 0. The van der Waals surface area contributed by atoms with Crippen LogP contribution in [0.5, 0.6) is 5.75 Å². The second-order valence-electron chi connectivity index (χ2n) is 6.88. The molecule has 2 aromatic rings. The number of fused-ring (bicyclic) bond motifs is 1. The summed E-state index contributed by atoms with van der Waals surface area (Å²) in [5, 5.41) is 2.93. The minimum Gasteiger partial charge on any atom is -0.481 e. The number of amides is 1. The highest BCUT2D eigenvalue weighted by Crippen LogP contribution is 2.30.